The van der Waals surface area contributed by atoms with Gasteiger partial charge in [0, 0.05) is 0 Å². The Balaban J connectivity index is -0.0000000267. The summed E-state index contributed by atoms with van der Waals surface area (Å²) < 4.78 is 0. The fraction of sp³-hybridized carbons (Fsp3) is 0.667. The number of rotatable bonds is 1. The van der Waals surface area contributed by atoms with Crippen LogP contribution >= 0.6 is 0 Å². The number of hydrogen-bond donors (Lipinski definition) is 1. The van der Waals surface area contributed by atoms with Crippen LogP contribution in [0.1, 0.15) is 9.27 Å². The van der Waals surface area contributed by atoms with Crippen molar-refractivity contribution < 1.29 is 7.96 Å². The maximum atomic E-state index is 7.84. The summed E-state index contributed by atoms with van der Waals surface area (Å²) in [7, 11) is 0. The molecule has 6 heavy (non-hydrogen) atoms. The third-order valence-corrected chi connectivity index (χ3v) is 0.224. The van der Waals surface area contributed by atoms with Gasteiger partial charge in [0.15, 0.2) is 0 Å². The number of aliphatic hydroxyl groups is 1. The summed E-state index contributed by atoms with van der Waals surface area (Å²) in [5.41, 5.74) is 0. The molecule has 0 rings (SSSR count). The molecule has 0 aliphatic heterocycles. The van der Waals surface area contributed by atoms with Crippen molar-refractivity contribution in [2.24, 2.45) is 0 Å². The van der Waals surface area contributed by atoms with Crippen molar-refractivity contribution in [1.82, 2.24) is 0 Å². The largest absolute Gasteiger partial charge is 2.00 e. The van der Waals surface area contributed by atoms with Crippen LogP contribution in [0.4, 0.5) is 0 Å². The molecule has 1 N–H and O–H groups in total. The minimum Gasteiger partial charge on any atom is -1.00 e. The van der Waals surface area contributed by atoms with Gasteiger partial charge in [0.05, 0.1) is 19.1 Å². The van der Waals surface area contributed by atoms with E-state index in [1.807, 2.05) is 0 Å². The first-order chi connectivity index (χ1) is 2.41. The molecule has 0 aromatic carbocycles. The molecular formula is C3H7CaNO. The smallest absolute Gasteiger partial charge is 1.00 e. The van der Waals surface area contributed by atoms with Gasteiger partial charge in [-0.05, 0) is 0 Å². The molecule has 0 bridgehead atoms. The zero-order valence-electron chi connectivity index (χ0n) is 5.52. The second-order valence-corrected chi connectivity index (χ2v) is 0.632. The average Bonchev–Trinajstić information content (AvgIpc) is 1.41. The molecule has 0 aliphatic rings. The SMILES string of the molecule is N#CCCO.[Ca+2].[H-].[H-]. The first-order valence-electron chi connectivity index (χ1n) is 1.39. The maximum Gasteiger partial charge on any atom is 2.00 e. The van der Waals surface area contributed by atoms with Crippen molar-refractivity contribution in [2.45, 2.75) is 6.42 Å². The standard InChI is InChI=1S/C3H5NO.Ca.2H/c4-2-1-3-5;;;/h5H,1,3H2;;;/q;+2;2*-1. The molecule has 32 valence electrons. The van der Waals surface area contributed by atoms with E-state index in [0.717, 1.165) is 0 Å². The summed E-state index contributed by atoms with van der Waals surface area (Å²) in [5, 5.41) is 15.5. The van der Waals surface area contributed by atoms with Crippen molar-refractivity contribution in [3.63, 3.8) is 0 Å². The quantitative estimate of drug-likeness (QED) is 0.476. The van der Waals surface area contributed by atoms with Gasteiger partial charge in [-0.3, -0.25) is 0 Å². The van der Waals surface area contributed by atoms with E-state index in [4.69, 9.17) is 10.4 Å². The van der Waals surface area contributed by atoms with Crippen LogP contribution < -0.4 is 0 Å². The van der Waals surface area contributed by atoms with Gasteiger partial charge in [-0.25, -0.2) is 0 Å². The van der Waals surface area contributed by atoms with Gasteiger partial charge in [0.2, 0.25) is 0 Å². The normalized spacial score (nSPS) is 5.33. The Hall–Kier alpha value is 0.710. The number of hydrogen-bond acceptors (Lipinski definition) is 2. The first-order valence-corrected chi connectivity index (χ1v) is 1.39. The van der Waals surface area contributed by atoms with E-state index in [1.165, 1.54) is 0 Å². The maximum absolute atomic E-state index is 7.84. The van der Waals surface area contributed by atoms with Gasteiger partial charge < -0.3 is 7.96 Å². The van der Waals surface area contributed by atoms with Crippen LogP contribution in [0.5, 0.6) is 0 Å². The monoisotopic (exact) mass is 113 g/mol. The van der Waals surface area contributed by atoms with Crippen molar-refractivity contribution in [2.75, 3.05) is 6.61 Å². The Morgan fingerprint density at radius 1 is 1.83 bits per heavy atom. The van der Waals surface area contributed by atoms with Gasteiger partial charge >= 0.3 is 37.7 Å². The summed E-state index contributed by atoms with van der Waals surface area (Å²) in [4.78, 5) is 0. The second-order valence-electron chi connectivity index (χ2n) is 0.632. The zero-order valence-corrected chi connectivity index (χ0v) is 5.72. The Labute approximate surface area is 69.7 Å². The van der Waals surface area contributed by atoms with E-state index in [2.05, 4.69) is 0 Å². The molecule has 0 fully saturated rings. The van der Waals surface area contributed by atoms with Gasteiger partial charge in [-0.1, -0.05) is 0 Å². The summed E-state index contributed by atoms with van der Waals surface area (Å²) in [6.07, 6.45) is 0.250. The molecule has 0 atom stereocenters. The van der Waals surface area contributed by atoms with Crippen LogP contribution in [0.2, 0.25) is 0 Å². The Morgan fingerprint density at radius 3 is 2.33 bits per heavy atom. The summed E-state index contributed by atoms with van der Waals surface area (Å²) >= 11 is 0. The minimum atomic E-state index is -0.0174. The van der Waals surface area contributed by atoms with Crippen LogP contribution in [0.25, 0.3) is 0 Å². The van der Waals surface area contributed by atoms with Crippen molar-refractivity contribution in [3.05, 3.63) is 0 Å². The van der Waals surface area contributed by atoms with Gasteiger partial charge in [0.25, 0.3) is 0 Å². The van der Waals surface area contributed by atoms with Gasteiger partial charge in [-0.2, -0.15) is 5.26 Å². The average molecular weight is 113 g/mol. The Morgan fingerprint density at radius 2 is 2.33 bits per heavy atom. The Bertz CT molecular complexity index is 55.7. The van der Waals surface area contributed by atoms with E-state index < -0.39 is 0 Å². The summed E-state index contributed by atoms with van der Waals surface area (Å²) in [6, 6.07) is 1.77. The molecule has 0 aromatic heterocycles. The topological polar surface area (TPSA) is 44.0 Å². The van der Waals surface area contributed by atoms with E-state index in [1.54, 1.807) is 6.07 Å². The molecule has 0 radical (unpaired) electrons. The van der Waals surface area contributed by atoms with Gasteiger partial charge in [-0.15, -0.1) is 0 Å². The fourth-order valence-electron chi connectivity index (χ4n) is 0.0500. The molecule has 0 saturated heterocycles. The van der Waals surface area contributed by atoms with Crippen LogP contribution in [0.15, 0.2) is 0 Å². The number of nitrogens with zero attached hydrogens (tertiary/aromatic N) is 1. The molecule has 2 nitrogen and oxygen atoms in total. The molecule has 0 amide bonds. The fourth-order valence-corrected chi connectivity index (χ4v) is 0.0500. The summed E-state index contributed by atoms with van der Waals surface area (Å²) in [5.74, 6) is 0. The van der Waals surface area contributed by atoms with Gasteiger partial charge in [0.1, 0.15) is 0 Å². The van der Waals surface area contributed by atoms with E-state index in [-0.39, 0.29) is 53.6 Å². The molecular weight excluding hydrogens is 106 g/mol. The zero-order chi connectivity index (χ0) is 4.12. The van der Waals surface area contributed by atoms with E-state index >= 15 is 0 Å². The minimum absolute atomic E-state index is 0. The predicted octanol–water partition coefficient (Wildman–Crippen LogP) is -0.263. The first kappa shape index (κ1) is 9.86. The molecule has 0 saturated carbocycles. The predicted molar refractivity (Wildman–Crippen MR) is 25.3 cm³/mol. The van der Waals surface area contributed by atoms with Crippen molar-refractivity contribution in [3.8, 4) is 6.07 Å². The third kappa shape index (κ3) is 8.83. The van der Waals surface area contributed by atoms with Crippen LogP contribution in [-0.4, -0.2) is 49.5 Å². The third-order valence-electron chi connectivity index (χ3n) is 0.224. The second kappa shape index (κ2) is 9.20. The summed E-state index contributed by atoms with van der Waals surface area (Å²) in [6.45, 7) is -0.0174. The molecule has 0 heterocycles. The molecule has 0 unspecified atom stereocenters. The van der Waals surface area contributed by atoms with Crippen molar-refractivity contribution in [1.29, 1.82) is 5.26 Å². The van der Waals surface area contributed by atoms with Crippen LogP contribution in [0, 0.1) is 11.3 Å². The van der Waals surface area contributed by atoms with E-state index in [0.29, 0.717) is 0 Å². The molecule has 0 spiro atoms. The molecule has 0 aromatic rings. The van der Waals surface area contributed by atoms with Crippen LogP contribution in [-0.2, 0) is 0 Å². The number of aliphatic hydroxyl groups excluding tert-OH is 1. The Kier molecular flexibility index (Phi) is 15.1. The number of nitriles is 1. The molecule has 3 heteroatoms. The molecule has 0 aliphatic carbocycles. The van der Waals surface area contributed by atoms with Crippen molar-refractivity contribution >= 4 is 37.7 Å². The van der Waals surface area contributed by atoms with E-state index in [9.17, 15) is 0 Å². The van der Waals surface area contributed by atoms with Crippen LogP contribution in [0.3, 0.4) is 0 Å².